The number of rotatable bonds is 7. The summed E-state index contributed by atoms with van der Waals surface area (Å²) in [5.41, 5.74) is 0. The van der Waals surface area contributed by atoms with Crippen LogP contribution in [0.3, 0.4) is 0 Å². The SMILES string of the molecule is CCN(C)C(=O)C(C)NC(=O)N[C@@H](CCO)C(=O)O. The highest BCUT2D eigenvalue weighted by Crippen LogP contribution is 1.94. The van der Waals surface area contributed by atoms with Gasteiger partial charge in [0.2, 0.25) is 5.91 Å². The molecule has 1 unspecified atom stereocenters. The van der Waals surface area contributed by atoms with Crippen molar-refractivity contribution in [3.05, 3.63) is 0 Å². The minimum atomic E-state index is -1.24. The first kappa shape index (κ1) is 17.2. The summed E-state index contributed by atoms with van der Waals surface area (Å²) in [4.78, 5) is 35.4. The van der Waals surface area contributed by atoms with Crippen molar-refractivity contribution < 1.29 is 24.6 Å². The van der Waals surface area contributed by atoms with E-state index in [4.69, 9.17) is 10.2 Å². The van der Waals surface area contributed by atoms with Crippen LogP contribution in [0.1, 0.15) is 20.3 Å². The molecule has 0 radical (unpaired) electrons. The number of nitrogens with one attached hydrogen (secondary N) is 2. The molecule has 0 aliphatic carbocycles. The van der Waals surface area contributed by atoms with Crippen molar-refractivity contribution in [2.45, 2.75) is 32.4 Å². The highest BCUT2D eigenvalue weighted by molar-refractivity contribution is 5.88. The summed E-state index contributed by atoms with van der Waals surface area (Å²) in [5.74, 6) is -1.51. The van der Waals surface area contributed by atoms with Crippen LogP contribution in [0, 0.1) is 0 Å². The number of carboxylic acids is 1. The number of hydrogen-bond acceptors (Lipinski definition) is 4. The molecular formula is C11H21N3O5. The van der Waals surface area contributed by atoms with Gasteiger partial charge in [-0.05, 0) is 13.8 Å². The Kier molecular flexibility index (Phi) is 7.50. The van der Waals surface area contributed by atoms with E-state index in [2.05, 4.69) is 10.6 Å². The number of amides is 3. The van der Waals surface area contributed by atoms with E-state index >= 15 is 0 Å². The number of nitrogens with zero attached hydrogens (tertiary/aromatic N) is 1. The van der Waals surface area contributed by atoms with Gasteiger partial charge in [-0.3, -0.25) is 4.79 Å². The van der Waals surface area contributed by atoms with Crippen LogP contribution in [0.15, 0.2) is 0 Å². The van der Waals surface area contributed by atoms with Crippen molar-refractivity contribution in [3.63, 3.8) is 0 Å². The molecule has 0 aromatic rings. The lowest BCUT2D eigenvalue weighted by molar-refractivity contribution is -0.139. The van der Waals surface area contributed by atoms with E-state index in [9.17, 15) is 14.4 Å². The second-order valence-corrected chi connectivity index (χ2v) is 4.10. The Hall–Kier alpha value is -1.83. The van der Waals surface area contributed by atoms with Gasteiger partial charge >= 0.3 is 12.0 Å². The highest BCUT2D eigenvalue weighted by atomic mass is 16.4. The molecule has 8 nitrogen and oxygen atoms in total. The van der Waals surface area contributed by atoms with E-state index < -0.39 is 24.1 Å². The molecule has 3 amide bonds. The molecule has 0 aliphatic heterocycles. The molecular weight excluding hydrogens is 254 g/mol. The third kappa shape index (κ3) is 6.05. The predicted molar refractivity (Wildman–Crippen MR) is 67.6 cm³/mol. The molecule has 0 aromatic carbocycles. The van der Waals surface area contributed by atoms with Crippen LogP contribution in [0.4, 0.5) is 4.79 Å². The third-order valence-electron chi connectivity index (χ3n) is 2.59. The topological polar surface area (TPSA) is 119 Å². The lowest BCUT2D eigenvalue weighted by atomic mass is 10.2. The fraction of sp³-hybridized carbons (Fsp3) is 0.727. The van der Waals surface area contributed by atoms with Crippen molar-refractivity contribution in [1.82, 2.24) is 15.5 Å². The number of carboxylic acid groups (broad SMARTS) is 1. The van der Waals surface area contributed by atoms with Gasteiger partial charge < -0.3 is 25.7 Å². The number of aliphatic hydroxyl groups is 1. The first-order valence-corrected chi connectivity index (χ1v) is 5.99. The molecule has 0 heterocycles. The summed E-state index contributed by atoms with van der Waals surface area (Å²) in [6.07, 6.45) is -0.0973. The minimum Gasteiger partial charge on any atom is -0.480 e. The molecule has 0 aliphatic rings. The first-order valence-electron chi connectivity index (χ1n) is 5.99. The van der Waals surface area contributed by atoms with E-state index in [1.807, 2.05) is 0 Å². The van der Waals surface area contributed by atoms with Gasteiger partial charge in [0.1, 0.15) is 12.1 Å². The van der Waals surface area contributed by atoms with Crippen LogP contribution in [0.2, 0.25) is 0 Å². The van der Waals surface area contributed by atoms with Gasteiger partial charge in [0, 0.05) is 26.6 Å². The van der Waals surface area contributed by atoms with Gasteiger partial charge in [-0.1, -0.05) is 0 Å². The lowest BCUT2D eigenvalue weighted by Crippen LogP contribution is -2.52. The monoisotopic (exact) mass is 275 g/mol. The quantitative estimate of drug-likeness (QED) is 0.474. The Morgan fingerprint density at radius 3 is 2.26 bits per heavy atom. The number of carbonyl (C=O) groups is 3. The van der Waals surface area contributed by atoms with E-state index in [1.54, 1.807) is 14.0 Å². The molecule has 0 saturated carbocycles. The molecule has 2 atom stereocenters. The van der Waals surface area contributed by atoms with E-state index in [1.165, 1.54) is 11.8 Å². The Labute approximate surface area is 111 Å². The first-order chi connectivity index (χ1) is 8.83. The zero-order valence-electron chi connectivity index (χ0n) is 11.3. The van der Waals surface area contributed by atoms with Crippen LogP contribution in [0.5, 0.6) is 0 Å². The van der Waals surface area contributed by atoms with Crippen molar-refractivity contribution in [3.8, 4) is 0 Å². The van der Waals surface area contributed by atoms with Crippen LogP contribution in [-0.4, -0.2) is 65.3 Å². The fourth-order valence-electron chi connectivity index (χ4n) is 1.33. The molecule has 0 rings (SSSR count). The number of likely N-dealkylation sites (N-methyl/N-ethyl adjacent to an activating group) is 1. The maximum Gasteiger partial charge on any atom is 0.326 e. The number of aliphatic hydroxyl groups excluding tert-OH is 1. The van der Waals surface area contributed by atoms with Gasteiger partial charge in [-0.15, -0.1) is 0 Å². The van der Waals surface area contributed by atoms with E-state index in [0.29, 0.717) is 6.54 Å². The maximum absolute atomic E-state index is 11.7. The van der Waals surface area contributed by atoms with Gasteiger partial charge in [0.25, 0.3) is 0 Å². The lowest BCUT2D eigenvalue weighted by Gasteiger charge is -2.21. The van der Waals surface area contributed by atoms with Crippen molar-refractivity contribution in [1.29, 1.82) is 0 Å². The van der Waals surface area contributed by atoms with Crippen molar-refractivity contribution >= 4 is 17.9 Å². The second kappa shape index (κ2) is 8.30. The zero-order valence-corrected chi connectivity index (χ0v) is 11.3. The van der Waals surface area contributed by atoms with Gasteiger partial charge in [0.05, 0.1) is 0 Å². The van der Waals surface area contributed by atoms with Crippen LogP contribution in [0.25, 0.3) is 0 Å². The average Bonchev–Trinajstić information content (AvgIpc) is 2.35. The maximum atomic E-state index is 11.7. The molecule has 0 bridgehead atoms. The number of aliphatic carboxylic acids is 1. The predicted octanol–water partition coefficient (Wildman–Crippen LogP) is -1.01. The summed E-state index contributed by atoms with van der Waals surface area (Å²) < 4.78 is 0. The second-order valence-electron chi connectivity index (χ2n) is 4.10. The van der Waals surface area contributed by atoms with Crippen molar-refractivity contribution in [2.75, 3.05) is 20.2 Å². The number of carbonyl (C=O) groups excluding carboxylic acids is 2. The normalized spacial score (nSPS) is 13.3. The molecule has 110 valence electrons. The molecule has 0 fully saturated rings. The summed E-state index contributed by atoms with van der Waals surface area (Å²) in [6, 6.07) is -2.70. The number of urea groups is 1. The highest BCUT2D eigenvalue weighted by Gasteiger charge is 2.22. The minimum absolute atomic E-state index is 0.0973. The summed E-state index contributed by atoms with van der Waals surface area (Å²) in [6.45, 7) is 3.46. The smallest absolute Gasteiger partial charge is 0.326 e. The van der Waals surface area contributed by atoms with Gasteiger partial charge in [-0.2, -0.15) is 0 Å². The third-order valence-corrected chi connectivity index (χ3v) is 2.59. The number of hydrogen-bond donors (Lipinski definition) is 4. The molecule has 0 spiro atoms. The van der Waals surface area contributed by atoms with Crippen LogP contribution in [-0.2, 0) is 9.59 Å². The Bertz CT molecular complexity index is 334. The van der Waals surface area contributed by atoms with Crippen LogP contribution >= 0.6 is 0 Å². The molecule has 19 heavy (non-hydrogen) atoms. The summed E-state index contributed by atoms with van der Waals surface area (Å²) in [5, 5.41) is 22.0. The Morgan fingerprint density at radius 2 is 1.84 bits per heavy atom. The largest absolute Gasteiger partial charge is 0.480 e. The van der Waals surface area contributed by atoms with Crippen LogP contribution < -0.4 is 10.6 Å². The molecule has 0 aromatic heterocycles. The van der Waals surface area contributed by atoms with E-state index in [-0.39, 0.29) is 18.9 Å². The van der Waals surface area contributed by atoms with Gasteiger partial charge in [0.15, 0.2) is 0 Å². The standard InChI is InChI=1S/C11H21N3O5/c1-4-14(3)9(16)7(2)12-11(19)13-8(5-6-15)10(17)18/h7-8,15H,4-6H2,1-3H3,(H,17,18)(H2,12,13,19)/t7?,8-/m0/s1. The average molecular weight is 275 g/mol. The molecule has 8 heteroatoms. The van der Waals surface area contributed by atoms with Crippen molar-refractivity contribution in [2.24, 2.45) is 0 Å². The zero-order chi connectivity index (χ0) is 15.0. The van der Waals surface area contributed by atoms with Gasteiger partial charge in [-0.25, -0.2) is 9.59 Å². The fourth-order valence-corrected chi connectivity index (χ4v) is 1.33. The van der Waals surface area contributed by atoms with E-state index in [0.717, 1.165) is 0 Å². The summed E-state index contributed by atoms with van der Waals surface area (Å²) >= 11 is 0. The Balaban J connectivity index is 4.36. The summed E-state index contributed by atoms with van der Waals surface area (Å²) in [7, 11) is 1.60. The molecule has 4 N–H and O–H groups in total. The molecule has 0 saturated heterocycles. The Morgan fingerprint density at radius 1 is 1.26 bits per heavy atom.